The van der Waals surface area contributed by atoms with E-state index in [1.807, 2.05) is 6.92 Å². The minimum Gasteiger partial charge on any atom is -0.488 e. The van der Waals surface area contributed by atoms with Gasteiger partial charge in [-0.2, -0.15) is 4.39 Å². The Hall–Kier alpha value is -3.15. The van der Waals surface area contributed by atoms with E-state index < -0.39 is 23.6 Å². The predicted molar refractivity (Wildman–Crippen MR) is 123 cm³/mol. The molecule has 2 amide bonds. The lowest BCUT2D eigenvalue weighted by Crippen LogP contribution is -2.29. The molecular formula is C23H32F2N4O5. The fourth-order valence-electron chi connectivity index (χ4n) is 2.58. The number of benzene rings is 1. The predicted octanol–water partition coefficient (Wildman–Crippen LogP) is 2.64. The highest BCUT2D eigenvalue weighted by Crippen LogP contribution is 2.18. The summed E-state index contributed by atoms with van der Waals surface area (Å²) in [6, 6.07) is 6.82. The van der Waals surface area contributed by atoms with Crippen molar-refractivity contribution >= 4 is 17.5 Å². The van der Waals surface area contributed by atoms with E-state index in [9.17, 15) is 18.4 Å². The lowest BCUT2D eigenvalue weighted by molar-refractivity contribution is -0.126. The first kappa shape index (κ1) is 28.9. The number of primary amides is 1. The maximum atomic E-state index is 13.1. The molecule has 0 fully saturated rings. The highest BCUT2D eigenvalue weighted by atomic mass is 19.2. The number of carbonyl (C=O) groups is 2. The summed E-state index contributed by atoms with van der Waals surface area (Å²) in [6.45, 7) is 3.60. The first-order valence-electron chi connectivity index (χ1n) is 10.8. The van der Waals surface area contributed by atoms with Crippen molar-refractivity contribution in [2.75, 3.05) is 38.8 Å². The Bertz CT molecular complexity index is 901. The highest BCUT2D eigenvalue weighted by Gasteiger charge is 2.17. The molecule has 1 atom stereocenters. The van der Waals surface area contributed by atoms with E-state index in [0.717, 1.165) is 18.9 Å². The van der Waals surface area contributed by atoms with Crippen molar-refractivity contribution in [2.24, 2.45) is 11.5 Å². The Balaban J connectivity index is 0.000000342. The number of ether oxygens (including phenoxy) is 3. The summed E-state index contributed by atoms with van der Waals surface area (Å²) in [5.74, 6) is -2.86. The van der Waals surface area contributed by atoms with Gasteiger partial charge in [-0.05, 0) is 43.7 Å². The van der Waals surface area contributed by atoms with Crippen LogP contribution in [0.1, 0.15) is 36.7 Å². The number of carbonyl (C=O) groups excluding carboxylic acids is 2. The van der Waals surface area contributed by atoms with Crippen molar-refractivity contribution < 1.29 is 32.6 Å². The summed E-state index contributed by atoms with van der Waals surface area (Å²) >= 11 is 0. The van der Waals surface area contributed by atoms with E-state index >= 15 is 0 Å². The normalized spacial score (nSPS) is 11.2. The van der Waals surface area contributed by atoms with Gasteiger partial charge in [-0.15, -0.1) is 0 Å². The van der Waals surface area contributed by atoms with Crippen LogP contribution in [0.4, 0.5) is 14.5 Å². The van der Waals surface area contributed by atoms with Crippen LogP contribution in [0.25, 0.3) is 0 Å². The Morgan fingerprint density at radius 1 is 1.18 bits per heavy atom. The van der Waals surface area contributed by atoms with Crippen molar-refractivity contribution in [3.8, 4) is 5.75 Å². The van der Waals surface area contributed by atoms with Crippen LogP contribution < -0.4 is 21.5 Å². The number of aromatic nitrogens is 1. The Kier molecular flexibility index (Phi) is 14.0. The number of nitrogens with two attached hydrogens (primary N) is 2. The summed E-state index contributed by atoms with van der Waals surface area (Å²) in [5.41, 5.74) is 11.0. The van der Waals surface area contributed by atoms with Gasteiger partial charge in [0.15, 0.2) is 11.6 Å². The van der Waals surface area contributed by atoms with Crippen LogP contribution in [0.3, 0.4) is 0 Å². The summed E-state index contributed by atoms with van der Waals surface area (Å²) < 4.78 is 41.1. The molecule has 0 saturated heterocycles. The minimum absolute atomic E-state index is 0.0950. The van der Waals surface area contributed by atoms with Crippen molar-refractivity contribution in [1.82, 2.24) is 4.98 Å². The van der Waals surface area contributed by atoms with E-state index in [4.69, 9.17) is 25.7 Å². The van der Waals surface area contributed by atoms with E-state index in [-0.39, 0.29) is 24.0 Å². The summed E-state index contributed by atoms with van der Waals surface area (Å²) in [5, 5.41) is 2.66. The number of amides is 2. The molecule has 9 nitrogen and oxygen atoms in total. The monoisotopic (exact) mass is 482 g/mol. The molecule has 1 unspecified atom stereocenters. The average Bonchev–Trinajstić information content (AvgIpc) is 2.82. The van der Waals surface area contributed by atoms with Gasteiger partial charge in [0.1, 0.15) is 18.4 Å². The van der Waals surface area contributed by atoms with Gasteiger partial charge in [-0.3, -0.25) is 14.6 Å². The zero-order chi connectivity index (χ0) is 25.3. The number of methoxy groups -OCH3 is 1. The number of halogens is 2. The molecule has 188 valence electrons. The topological polar surface area (TPSA) is 139 Å². The molecule has 0 aliphatic rings. The van der Waals surface area contributed by atoms with Gasteiger partial charge in [0, 0.05) is 25.6 Å². The van der Waals surface area contributed by atoms with E-state index in [2.05, 4.69) is 10.3 Å². The first-order valence-corrected chi connectivity index (χ1v) is 10.8. The molecule has 0 bridgehead atoms. The average molecular weight is 483 g/mol. The standard InChI is InChI=1S/C12H17N3O3.C11H15F2NO2/c1-3-4-10(18-2)12(17)15-8-5-6-14-9(7-8)11(13)16;12-9-3-1-4-10(11(9)13)16-8-7-15-6-2-5-14/h5-7,10H,3-4H2,1-2H3,(H2,13,16)(H,14,15,17);1,3-4H,2,5-8,14H2. The zero-order valence-electron chi connectivity index (χ0n) is 19.4. The van der Waals surface area contributed by atoms with Crippen LogP contribution in [0, 0.1) is 11.6 Å². The number of rotatable bonds is 13. The molecular weight excluding hydrogens is 450 g/mol. The van der Waals surface area contributed by atoms with Crippen LogP contribution in [0.5, 0.6) is 5.75 Å². The van der Waals surface area contributed by atoms with Gasteiger partial charge in [0.2, 0.25) is 5.82 Å². The van der Waals surface area contributed by atoms with Gasteiger partial charge in [0.05, 0.1) is 6.61 Å². The van der Waals surface area contributed by atoms with Gasteiger partial charge in [-0.1, -0.05) is 19.4 Å². The van der Waals surface area contributed by atoms with Crippen molar-refractivity contribution in [1.29, 1.82) is 0 Å². The number of pyridine rings is 1. The van der Waals surface area contributed by atoms with Gasteiger partial charge in [-0.25, -0.2) is 4.39 Å². The Morgan fingerprint density at radius 2 is 1.94 bits per heavy atom. The number of hydrogen-bond acceptors (Lipinski definition) is 7. The van der Waals surface area contributed by atoms with E-state index in [0.29, 0.717) is 31.9 Å². The van der Waals surface area contributed by atoms with Gasteiger partial charge >= 0.3 is 0 Å². The SMILES string of the molecule is CCCC(OC)C(=O)Nc1ccnc(C(N)=O)c1.NCCCOCCOc1cccc(F)c1F. The lowest BCUT2D eigenvalue weighted by atomic mass is 10.2. The maximum absolute atomic E-state index is 13.1. The molecule has 2 rings (SSSR count). The summed E-state index contributed by atoms with van der Waals surface area (Å²) in [6.07, 6.45) is 3.16. The van der Waals surface area contributed by atoms with Crippen LogP contribution in [-0.4, -0.2) is 56.4 Å². The zero-order valence-corrected chi connectivity index (χ0v) is 19.4. The van der Waals surface area contributed by atoms with Gasteiger partial charge < -0.3 is 31.0 Å². The number of nitrogens with one attached hydrogen (secondary N) is 1. The fourth-order valence-corrected chi connectivity index (χ4v) is 2.58. The molecule has 0 saturated carbocycles. The van der Waals surface area contributed by atoms with E-state index in [1.165, 1.54) is 31.5 Å². The van der Waals surface area contributed by atoms with Crippen LogP contribution in [-0.2, 0) is 14.3 Å². The Labute approximate surface area is 197 Å². The fraction of sp³-hybridized carbons (Fsp3) is 0.435. The molecule has 5 N–H and O–H groups in total. The molecule has 0 aliphatic carbocycles. The third kappa shape index (κ3) is 10.6. The number of nitrogens with zero attached hydrogens (tertiary/aromatic N) is 1. The third-order valence-corrected chi connectivity index (χ3v) is 4.30. The van der Waals surface area contributed by atoms with Crippen molar-refractivity contribution in [3.63, 3.8) is 0 Å². The molecule has 2 aromatic rings. The quantitative estimate of drug-likeness (QED) is 0.373. The second-order valence-electron chi connectivity index (χ2n) is 6.95. The maximum Gasteiger partial charge on any atom is 0.267 e. The van der Waals surface area contributed by atoms with Crippen LogP contribution >= 0.6 is 0 Å². The second-order valence-corrected chi connectivity index (χ2v) is 6.95. The van der Waals surface area contributed by atoms with Crippen LogP contribution in [0.2, 0.25) is 0 Å². The molecule has 0 radical (unpaired) electrons. The third-order valence-electron chi connectivity index (χ3n) is 4.30. The van der Waals surface area contributed by atoms with Crippen molar-refractivity contribution in [3.05, 3.63) is 53.9 Å². The largest absolute Gasteiger partial charge is 0.488 e. The molecule has 11 heteroatoms. The Morgan fingerprint density at radius 3 is 2.59 bits per heavy atom. The summed E-state index contributed by atoms with van der Waals surface area (Å²) in [7, 11) is 1.49. The molecule has 1 aromatic carbocycles. The summed E-state index contributed by atoms with van der Waals surface area (Å²) in [4.78, 5) is 26.6. The minimum atomic E-state index is -0.968. The highest BCUT2D eigenvalue weighted by molar-refractivity contribution is 5.96. The molecule has 0 spiro atoms. The smallest absolute Gasteiger partial charge is 0.267 e. The molecule has 1 heterocycles. The lowest BCUT2D eigenvalue weighted by Gasteiger charge is -2.14. The number of hydrogen-bond donors (Lipinski definition) is 3. The van der Waals surface area contributed by atoms with Crippen molar-refractivity contribution in [2.45, 2.75) is 32.3 Å². The first-order chi connectivity index (χ1) is 16.3. The van der Waals surface area contributed by atoms with Crippen LogP contribution in [0.15, 0.2) is 36.5 Å². The molecule has 34 heavy (non-hydrogen) atoms. The van der Waals surface area contributed by atoms with Gasteiger partial charge in [0.25, 0.3) is 11.8 Å². The molecule has 0 aliphatic heterocycles. The number of anilines is 1. The second kappa shape index (κ2) is 16.5. The van der Waals surface area contributed by atoms with E-state index in [1.54, 1.807) is 6.07 Å². The molecule has 1 aromatic heterocycles.